The number of carbonyl (C=O) groups is 3. The van der Waals surface area contributed by atoms with E-state index in [0.717, 1.165) is 5.56 Å². The Labute approximate surface area is 186 Å². The smallest absolute Gasteiger partial charge is 0.338 e. The molecule has 2 aromatic rings. The average Bonchev–Trinajstić information content (AvgIpc) is 2.77. The maximum Gasteiger partial charge on any atom is 0.338 e. The van der Waals surface area contributed by atoms with Crippen molar-refractivity contribution in [2.24, 2.45) is 0 Å². The number of esters is 3. The van der Waals surface area contributed by atoms with Crippen molar-refractivity contribution in [3.8, 4) is 0 Å². The predicted molar refractivity (Wildman–Crippen MR) is 112 cm³/mol. The molecule has 0 amide bonds. The number of hydrogen-bond donors (Lipinski definition) is 0. The van der Waals surface area contributed by atoms with Gasteiger partial charge in [0.05, 0.1) is 18.3 Å². The summed E-state index contributed by atoms with van der Waals surface area (Å²) in [6.07, 6.45) is -4.93. The lowest BCUT2D eigenvalue weighted by atomic mass is 9.98. The zero-order chi connectivity index (χ0) is 23.1. The summed E-state index contributed by atoms with van der Waals surface area (Å²) < 4.78 is 28.2. The summed E-state index contributed by atoms with van der Waals surface area (Å²) in [5, 5.41) is 0. The van der Waals surface area contributed by atoms with Gasteiger partial charge in [-0.2, -0.15) is 0 Å². The fourth-order valence-electron chi connectivity index (χ4n) is 3.43. The van der Waals surface area contributed by atoms with Gasteiger partial charge < -0.3 is 23.7 Å². The van der Waals surface area contributed by atoms with Crippen LogP contribution in [0.1, 0.15) is 36.7 Å². The standard InChI is InChI=1S/C24H26O8/c1-15-20(32-23(27)19-12-8-5-9-13-19)21(28-14-18-10-6-4-7-11-18)22(30-16(2)25)24(29-15)31-17(3)26/h4-13,15,20-22,24H,14H2,1-3H3/t15-,20-,21+,22+,24-/m0/s1. The molecule has 1 aliphatic rings. The lowest BCUT2D eigenvalue weighted by Gasteiger charge is -2.43. The number of ether oxygens (including phenoxy) is 5. The first-order valence-corrected chi connectivity index (χ1v) is 10.3. The molecule has 0 N–H and O–H groups in total. The van der Waals surface area contributed by atoms with Gasteiger partial charge in [-0.05, 0) is 24.6 Å². The molecule has 32 heavy (non-hydrogen) atoms. The highest BCUT2D eigenvalue weighted by Crippen LogP contribution is 2.30. The van der Waals surface area contributed by atoms with Gasteiger partial charge in [0.15, 0.2) is 12.2 Å². The number of carbonyl (C=O) groups excluding carboxylic acids is 3. The number of benzene rings is 2. The first kappa shape index (κ1) is 23.4. The second-order valence-electron chi connectivity index (χ2n) is 7.39. The van der Waals surface area contributed by atoms with Crippen LogP contribution in [0.3, 0.4) is 0 Å². The first-order chi connectivity index (χ1) is 15.3. The zero-order valence-electron chi connectivity index (χ0n) is 18.1. The van der Waals surface area contributed by atoms with Crippen LogP contribution in [0.25, 0.3) is 0 Å². The Balaban J connectivity index is 1.88. The monoisotopic (exact) mass is 442 g/mol. The number of rotatable bonds is 7. The van der Waals surface area contributed by atoms with E-state index in [-0.39, 0.29) is 6.61 Å². The fourth-order valence-corrected chi connectivity index (χ4v) is 3.43. The Morgan fingerprint density at radius 2 is 1.38 bits per heavy atom. The molecule has 1 fully saturated rings. The molecule has 1 heterocycles. The summed E-state index contributed by atoms with van der Waals surface area (Å²) in [4.78, 5) is 36.2. The summed E-state index contributed by atoms with van der Waals surface area (Å²) in [5.74, 6) is -1.81. The molecule has 1 saturated heterocycles. The van der Waals surface area contributed by atoms with E-state index >= 15 is 0 Å². The molecule has 8 nitrogen and oxygen atoms in total. The van der Waals surface area contributed by atoms with Crippen molar-refractivity contribution in [1.29, 1.82) is 0 Å². The second kappa shape index (κ2) is 10.9. The lowest BCUT2D eigenvalue weighted by molar-refractivity contribution is -0.295. The molecular formula is C24H26O8. The van der Waals surface area contributed by atoms with Crippen molar-refractivity contribution < 1.29 is 38.1 Å². The maximum atomic E-state index is 12.7. The van der Waals surface area contributed by atoms with Crippen LogP contribution >= 0.6 is 0 Å². The minimum atomic E-state index is -1.21. The molecule has 170 valence electrons. The van der Waals surface area contributed by atoms with Crippen molar-refractivity contribution >= 4 is 17.9 Å². The van der Waals surface area contributed by atoms with Crippen molar-refractivity contribution in [2.45, 2.75) is 58.1 Å². The molecule has 0 radical (unpaired) electrons. The topological polar surface area (TPSA) is 97.4 Å². The minimum Gasteiger partial charge on any atom is -0.453 e. The highest BCUT2D eigenvalue weighted by Gasteiger charge is 2.50. The van der Waals surface area contributed by atoms with Gasteiger partial charge in [-0.1, -0.05) is 48.5 Å². The molecule has 0 aliphatic carbocycles. The first-order valence-electron chi connectivity index (χ1n) is 10.3. The summed E-state index contributed by atoms with van der Waals surface area (Å²) in [6.45, 7) is 4.27. The molecular weight excluding hydrogens is 416 g/mol. The third-order valence-corrected chi connectivity index (χ3v) is 4.85. The molecule has 3 rings (SSSR count). The predicted octanol–water partition coefficient (Wildman–Crippen LogP) is 3.04. The van der Waals surface area contributed by atoms with Crippen LogP contribution in [0.4, 0.5) is 0 Å². The van der Waals surface area contributed by atoms with E-state index in [4.69, 9.17) is 23.7 Å². The Morgan fingerprint density at radius 3 is 1.97 bits per heavy atom. The zero-order valence-corrected chi connectivity index (χ0v) is 18.1. The van der Waals surface area contributed by atoms with Gasteiger partial charge >= 0.3 is 17.9 Å². The second-order valence-corrected chi connectivity index (χ2v) is 7.39. The highest BCUT2D eigenvalue weighted by atomic mass is 16.7. The van der Waals surface area contributed by atoms with Crippen LogP contribution in [-0.4, -0.2) is 48.6 Å². The van der Waals surface area contributed by atoms with Gasteiger partial charge in [-0.25, -0.2) is 4.79 Å². The van der Waals surface area contributed by atoms with E-state index < -0.39 is 48.6 Å². The average molecular weight is 442 g/mol. The quantitative estimate of drug-likeness (QED) is 0.477. The normalized spacial score (nSPS) is 24.9. The van der Waals surface area contributed by atoms with Crippen LogP contribution in [0, 0.1) is 0 Å². The van der Waals surface area contributed by atoms with Gasteiger partial charge in [0.25, 0.3) is 0 Å². The van der Waals surface area contributed by atoms with Crippen LogP contribution in [-0.2, 0) is 39.9 Å². The molecule has 5 atom stereocenters. The van der Waals surface area contributed by atoms with Crippen molar-refractivity contribution in [2.75, 3.05) is 0 Å². The van der Waals surface area contributed by atoms with Gasteiger partial charge in [0.2, 0.25) is 6.29 Å². The molecule has 2 aromatic carbocycles. The van der Waals surface area contributed by atoms with Crippen molar-refractivity contribution in [1.82, 2.24) is 0 Å². The third kappa shape index (κ3) is 6.15. The molecule has 0 aromatic heterocycles. The van der Waals surface area contributed by atoms with E-state index in [1.807, 2.05) is 30.3 Å². The summed E-state index contributed by atoms with van der Waals surface area (Å²) in [7, 11) is 0. The molecule has 0 unspecified atom stereocenters. The van der Waals surface area contributed by atoms with Gasteiger partial charge in [0, 0.05) is 13.8 Å². The Morgan fingerprint density at radius 1 is 0.781 bits per heavy atom. The molecule has 1 aliphatic heterocycles. The van der Waals surface area contributed by atoms with E-state index in [0.29, 0.717) is 5.56 Å². The third-order valence-electron chi connectivity index (χ3n) is 4.85. The molecule has 8 heteroatoms. The molecule has 0 saturated carbocycles. The Hall–Kier alpha value is -3.23. The maximum absolute atomic E-state index is 12.7. The van der Waals surface area contributed by atoms with Crippen LogP contribution in [0.2, 0.25) is 0 Å². The molecule has 0 spiro atoms. The van der Waals surface area contributed by atoms with Crippen LogP contribution in [0.5, 0.6) is 0 Å². The summed E-state index contributed by atoms with van der Waals surface area (Å²) in [5.41, 5.74) is 1.22. The Bertz CT molecular complexity index is 914. The van der Waals surface area contributed by atoms with Crippen LogP contribution in [0.15, 0.2) is 60.7 Å². The van der Waals surface area contributed by atoms with Gasteiger partial charge in [-0.15, -0.1) is 0 Å². The van der Waals surface area contributed by atoms with Gasteiger partial charge in [0.1, 0.15) is 6.10 Å². The van der Waals surface area contributed by atoms with E-state index in [9.17, 15) is 14.4 Å². The van der Waals surface area contributed by atoms with Crippen molar-refractivity contribution in [3.63, 3.8) is 0 Å². The lowest BCUT2D eigenvalue weighted by Crippen LogP contribution is -2.61. The fraction of sp³-hybridized carbons (Fsp3) is 0.375. The number of hydrogen-bond acceptors (Lipinski definition) is 8. The van der Waals surface area contributed by atoms with E-state index in [1.165, 1.54) is 13.8 Å². The summed E-state index contributed by atoms with van der Waals surface area (Å²) in [6, 6.07) is 17.8. The van der Waals surface area contributed by atoms with Gasteiger partial charge in [-0.3, -0.25) is 9.59 Å². The van der Waals surface area contributed by atoms with E-state index in [2.05, 4.69) is 0 Å². The summed E-state index contributed by atoms with van der Waals surface area (Å²) >= 11 is 0. The van der Waals surface area contributed by atoms with E-state index in [1.54, 1.807) is 37.3 Å². The van der Waals surface area contributed by atoms with Crippen molar-refractivity contribution in [3.05, 3.63) is 71.8 Å². The van der Waals surface area contributed by atoms with Crippen LogP contribution < -0.4 is 0 Å². The Kier molecular flexibility index (Phi) is 7.97. The molecule has 0 bridgehead atoms. The SMILES string of the molecule is CC(=O)O[C@@H]1O[C@@H](C)[C@H](OC(=O)c2ccccc2)[C@@H](OCc2ccccc2)[C@H]1OC(C)=O. The largest absolute Gasteiger partial charge is 0.453 e. The minimum absolute atomic E-state index is 0.155. The highest BCUT2D eigenvalue weighted by molar-refractivity contribution is 5.89.